The van der Waals surface area contributed by atoms with Gasteiger partial charge in [-0.15, -0.1) is 11.3 Å². The third-order valence-electron chi connectivity index (χ3n) is 1.69. The van der Waals surface area contributed by atoms with Gasteiger partial charge < -0.3 is 5.32 Å². The summed E-state index contributed by atoms with van der Waals surface area (Å²) in [6, 6.07) is 0. The maximum atomic E-state index is 4.16. The summed E-state index contributed by atoms with van der Waals surface area (Å²) in [6.07, 6.45) is 1.80. The van der Waals surface area contributed by atoms with Crippen LogP contribution in [-0.2, 0) is 0 Å². The highest BCUT2D eigenvalue weighted by molar-refractivity contribution is 7.09. The van der Waals surface area contributed by atoms with E-state index < -0.39 is 0 Å². The average Bonchev–Trinajstić information content (AvgIpc) is 2.62. The van der Waals surface area contributed by atoms with Crippen LogP contribution in [0.25, 0.3) is 0 Å². The van der Waals surface area contributed by atoms with E-state index in [4.69, 9.17) is 0 Å². The number of rotatable bonds is 1. The number of hydrogen-bond acceptors (Lipinski definition) is 6. The van der Waals surface area contributed by atoms with Gasteiger partial charge in [-0.25, -0.2) is 4.98 Å². The summed E-state index contributed by atoms with van der Waals surface area (Å²) in [6.45, 7) is 0. The van der Waals surface area contributed by atoms with Crippen LogP contribution in [0, 0.1) is 0 Å². The second-order valence-electron chi connectivity index (χ2n) is 2.36. The summed E-state index contributed by atoms with van der Waals surface area (Å²) in [4.78, 5) is 4.16. The van der Waals surface area contributed by atoms with Crippen molar-refractivity contribution in [3.63, 3.8) is 0 Å². The number of nitrogens with zero attached hydrogens (tertiary/aromatic N) is 5. The van der Waals surface area contributed by atoms with E-state index in [1.165, 1.54) is 0 Å². The molecule has 0 aliphatic carbocycles. The molecule has 2 aromatic heterocycles. The Labute approximate surface area is 71.2 Å². The summed E-state index contributed by atoms with van der Waals surface area (Å²) >= 11 is 1.58. The van der Waals surface area contributed by atoms with Crippen molar-refractivity contribution in [1.82, 2.24) is 25.2 Å². The van der Waals surface area contributed by atoms with E-state index in [1.807, 2.05) is 5.38 Å². The molecule has 12 heavy (non-hydrogen) atoms. The lowest BCUT2D eigenvalue weighted by atomic mass is 10.4. The number of hydrogen-bond donors (Lipinski definition) is 1. The van der Waals surface area contributed by atoms with Crippen molar-refractivity contribution in [2.75, 3.05) is 5.32 Å². The Balaban J connectivity index is 2.02. The monoisotopic (exact) mass is 180 g/mol. The first-order valence-corrected chi connectivity index (χ1v) is 4.27. The Bertz CT molecular complexity index is 392. The van der Waals surface area contributed by atoms with E-state index in [9.17, 15) is 0 Å². The fourth-order valence-corrected chi connectivity index (χ4v) is 1.79. The molecule has 2 aromatic rings. The number of nitrogens with one attached hydrogen (secondary N) is 1. The molecule has 0 fully saturated rings. The van der Waals surface area contributed by atoms with Crippen molar-refractivity contribution >= 4 is 17.3 Å². The zero-order valence-electron chi connectivity index (χ0n) is 5.88. The number of aromatic nitrogens is 5. The minimum absolute atomic E-state index is 0.0370. The first-order valence-electron chi connectivity index (χ1n) is 3.39. The zero-order valence-corrected chi connectivity index (χ0v) is 6.69. The van der Waals surface area contributed by atoms with Crippen LogP contribution in [0.4, 0.5) is 5.95 Å². The number of tetrazole rings is 1. The second kappa shape index (κ2) is 2.01. The fourth-order valence-electron chi connectivity index (χ4n) is 1.12. The van der Waals surface area contributed by atoms with Crippen LogP contribution in [0.2, 0.25) is 0 Å². The second-order valence-corrected chi connectivity index (χ2v) is 3.29. The van der Waals surface area contributed by atoms with E-state index in [2.05, 4.69) is 25.8 Å². The standard InChI is InChI=1S/C5H4N6S/c1-2-12-4(6-1)3-7-5-8-9-10-11(3)5/h1-3H,(H,7,8,10). The molecule has 0 bridgehead atoms. The fraction of sp³-hybridized carbons (Fsp3) is 0.200. The maximum absolute atomic E-state index is 4.16. The van der Waals surface area contributed by atoms with Crippen LogP contribution in [0.15, 0.2) is 11.6 Å². The van der Waals surface area contributed by atoms with Crippen molar-refractivity contribution in [2.24, 2.45) is 0 Å². The lowest BCUT2D eigenvalue weighted by molar-refractivity contribution is 0.496. The molecule has 1 aliphatic rings. The minimum atomic E-state index is 0.0370. The van der Waals surface area contributed by atoms with Gasteiger partial charge in [-0.2, -0.15) is 4.68 Å². The highest BCUT2D eigenvalue weighted by atomic mass is 32.1. The van der Waals surface area contributed by atoms with Crippen LogP contribution < -0.4 is 5.32 Å². The van der Waals surface area contributed by atoms with Gasteiger partial charge in [0, 0.05) is 11.6 Å². The molecule has 0 saturated carbocycles. The Morgan fingerprint density at radius 1 is 1.58 bits per heavy atom. The SMILES string of the molecule is c1csc(C2Nc3nnnn32)n1. The molecule has 0 amide bonds. The van der Waals surface area contributed by atoms with Gasteiger partial charge in [0.25, 0.3) is 0 Å². The molecule has 0 radical (unpaired) electrons. The lowest BCUT2D eigenvalue weighted by Crippen LogP contribution is -2.32. The first-order chi connectivity index (χ1) is 5.95. The molecule has 0 saturated heterocycles. The lowest BCUT2D eigenvalue weighted by Gasteiger charge is -2.25. The average molecular weight is 180 g/mol. The molecule has 0 aromatic carbocycles. The molecule has 1 aliphatic heterocycles. The van der Waals surface area contributed by atoms with Crippen molar-refractivity contribution in [3.05, 3.63) is 16.6 Å². The van der Waals surface area contributed by atoms with Gasteiger partial charge in [-0.1, -0.05) is 5.10 Å². The Morgan fingerprint density at radius 2 is 2.58 bits per heavy atom. The largest absolute Gasteiger partial charge is 0.325 e. The number of thiazole rings is 1. The van der Waals surface area contributed by atoms with Crippen LogP contribution in [0.1, 0.15) is 11.2 Å². The predicted molar refractivity (Wildman–Crippen MR) is 41.7 cm³/mol. The Hall–Kier alpha value is -1.50. The molecule has 3 heterocycles. The van der Waals surface area contributed by atoms with Crippen molar-refractivity contribution in [1.29, 1.82) is 0 Å². The van der Waals surface area contributed by atoms with Crippen molar-refractivity contribution in [3.8, 4) is 0 Å². The third kappa shape index (κ3) is 0.632. The molecule has 6 nitrogen and oxygen atoms in total. The minimum Gasteiger partial charge on any atom is -0.325 e. The summed E-state index contributed by atoms with van der Waals surface area (Å²) in [5.41, 5.74) is 0. The van der Waals surface area contributed by atoms with Crippen molar-refractivity contribution < 1.29 is 0 Å². The molecule has 3 rings (SSSR count). The van der Waals surface area contributed by atoms with Gasteiger partial charge in [0.2, 0.25) is 5.95 Å². The highest BCUT2D eigenvalue weighted by Gasteiger charge is 2.31. The topological polar surface area (TPSA) is 68.5 Å². The molecule has 60 valence electrons. The van der Waals surface area contributed by atoms with Gasteiger partial charge in [-0.05, 0) is 10.4 Å². The van der Waals surface area contributed by atoms with Gasteiger partial charge in [0.15, 0.2) is 6.17 Å². The molecule has 7 heteroatoms. The summed E-state index contributed by atoms with van der Waals surface area (Å²) < 4.78 is 1.71. The molecular weight excluding hydrogens is 176 g/mol. The zero-order chi connectivity index (χ0) is 7.97. The van der Waals surface area contributed by atoms with Crippen LogP contribution in [0.5, 0.6) is 0 Å². The highest BCUT2D eigenvalue weighted by Crippen LogP contribution is 2.29. The first kappa shape index (κ1) is 6.06. The smallest absolute Gasteiger partial charge is 0.247 e. The molecule has 1 unspecified atom stereocenters. The normalized spacial score (nSPS) is 19.5. The maximum Gasteiger partial charge on any atom is 0.247 e. The Kier molecular flexibility index (Phi) is 1.01. The molecule has 1 N–H and O–H groups in total. The Morgan fingerprint density at radius 3 is 3.33 bits per heavy atom. The number of anilines is 1. The van der Waals surface area contributed by atoms with Gasteiger partial charge in [0.1, 0.15) is 5.01 Å². The van der Waals surface area contributed by atoms with Crippen LogP contribution >= 0.6 is 11.3 Å². The van der Waals surface area contributed by atoms with Gasteiger partial charge in [0.05, 0.1) is 0 Å². The predicted octanol–water partition coefficient (Wildman–Crippen LogP) is 0.102. The van der Waals surface area contributed by atoms with E-state index in [1.54, 1.807) is 22.2 Å². The van der Waals surface area contributed by atoms with E-state index in [-0.39, 0.29) is 6.17 Å². The van der Waals surface area contributed by atoms with Crippen LogP contribution in [-0.4, -0.2) is 25.2 Å². The van der Waals surface area contributed by atoms with Crippen molar-refractivity contribution in [2.45, 2.75) is 6.17 Å². The van der Waals surface area contributed by atoms with E-state index in [0.29, 0.717) is 5.95 Å². The molecule has 0 spiro atoms. The summed E-state index contributed by atoms with van der Waals surface area (Å²) in [5, 5.41) is 17.0. The number of fused-ring (bicyclic) bond motifs is 1. The summed E-state index contributed by atoms with van der Waals surface area (Å²) in [5.74, 6) is 0.704. The van der Waals surface area contributed by atoms with Crippen LogP contribution in [0.3, 0.4) is 0 Å². The third-order valence-corrected chi connectivity index (χ3v) is 2.52. The van der Waals surface area contributed by atoms with E-state index >= 15 is 0 Å². The molecule has 1 atom stereocenters. The van der Waals surface area contributed by atoms with Gasteiger partial charge in [-0.3, -0.25) is 0 Å². The van der Waals surface area contributed by atoms with Gasteiger partial charge >= 0.3 is 0 Å². The quantitative estimate of drug-likeness (QED) is 0.674. The summed E-state index contributed by atoms with van der Waals surface area (Å²) in [7, 11) is 0. The van der Waals surface area contributed by atoms with E-state index in [0.717, 1.165) is 5.01 Å². The molecular formula is C5H4N6S.